The van der Waals surface area contributed by atoms with Crippen LogP contribution in [0, 0.1) is 6.20 Å². The molecule has 1 amide bonds. The second-order valence-electron chi connectivity index (χ2n) is 2.17. The fourth-order valence-electron chi connectivity index (χ4n) is 0.995. The molecular weight excluding hydrogens is 128 g/mol. The van der Waals surface area contributed by atoms with Crippen LogP contribution in [-0.4, -0.2) is 10.9 Å². The predicted octanol–water partition coefficient (Wildman–Crippen LogP) is 0.376. The minimum absolute atomic E-state index is 0.0271. The van der Waals surface area contributed by atoms with Gasteiger partial charge in [0.05, 0.1) is 12.6 Å². The van der Waals surface area contributed by atoms with Crippen LogP contribution >= 0.6 is 0 Å². The van der Waals surface area contributed by atoms with Crippen molar-refractivity contribution in [1.29, 1.82) is 0 Å². The second-order valence-corrected chi connectivity index (χ2v) is 2.17. The van der Waals surface area contributed by atoms with Gasteiger partial charge in [-0.05, 0) is 6.07 Å². The summed E-state index contributed by atoms with van der Waals surface area (Å²) in [6.45, 7) is 0. The van der Waals surface area contributed by atoms with Gasteiger partial charge in [0, 0.05) is 17.4 Å². The Bertz CT molecular complexity index is 256. The maximum Gasteiger partial charge on any atom is 0.228 e. The van der Waals surface area contributed by atoms with Crippen LogP contribution < -0.4 is 5.32 Å². The molecular formula is C7H5N2O. The molecule has 10 heavy (non-hydrogen) atoms. The Labute approximate surface area is 58.1 Å². The monoisotopic (exact) mass is 133 g/mol. The van der Waals surface area contributed by atoms with E-state index in [2.05, 4.69) is 16.5 Å². The third kappa shape index (κ3) is 0.673. The van der Waals surface area contributed by atoms with E-state index in [-0.39, 0.29) is 5.91 Å². The summed E-state index contributed by atoms with van der Waals surface area (Å²) in [5.41, 5.74) is 1.72. The van der Waals surface area contributed by atoms with Crippen LogP contribution in [0.15, 0.2) is 12.3 Å². The van der Waals surface area contributed by atoms with Gasteiger partial charge in [-0.3, -0.25) is 9.78 Å². The predicted molar refractivity (Wildman–Crippen MR) is 35.4 cm³/mol. The van der Waals surface area contributed by atoms with Gasteiger partial charge in [0.25, 0.3) is 0 Å². The number of aromatic nitrogens is 1. The highest BCUT2D eigenvalue weighted by molar-refractivity contribution is 5.98. The van der Waals surface area contributed by atoms with Crippen molar-refractivity contribution in [3.63, 3.8) is 0 Å². The molecule has 1 aromatic rings. The van der Waals surface area contributed by atoms with Crippen LogP contribution in [0.5, 0.6) is 0 Å². The molecule has 0 saturated carbocycles. The first-order valence-electron chi connectivity index (χ1n) is 3.02. The molecule has 0 atom stereocenters. The molecule has 0 spiro atoms. The molecule has 3 heteroatoms. The molecule has 2 rings (SSSR count). The number of fused-ring (bicyclic) bond motifs is 1. The summed E-state index contributed by atoms with van der Waals surface area (Å²) in [7, 11) is 0. The van der Waals surface area contributed by atoms with Crippen molar-refractivity contribution in [2.24, 2.45) is 0 Å². The lowest BCUT2D eigenvalue weighted by Crippen LogP contribution is -2.03. The first-order valence-corrected chi connectivity index (χ1v) is 3.02. The Kier molecular flexibility index (Phi) is 0.974. The van der Waals surface area contributed by atoms with Crippen molar-refractivity contribution in [2.75, 3.05) is 5.32 Å². The molecule has 0 bridgehead atoms. The van der Waals surface area contributed by atoms with Gasteiger partial charge in [0.2, 0.25) is 5.91 Å². The van der Waals surface area contributed by atoms with Crippen molar-refractivity contribution < 1.29 is 4.79 Å². The highest BCUT2D eigenvalue weighted by Crippen LogP contribution is 2.19. The van der Waals surface area contributed by atoms with Crippen LogP contribution in [0.25, 0.3) is 0 Å². The smallest absolute Gasteiger partial charge is 0.228 e. The third-order valence-electron chi connectivity index (χ3n) is 1.45. The SMILES string of the molecule is O=C1Cc2[c]nccc2N1. The molecule has 0 unspecified atom stereocenters. The quantitative estimate of drug-likeness (QED) is 0.555. The number of hydrogen-bond acceptors (Lipinski definition) is 2. The summed E-state index contributed by atoms with van der Waals surface area (Å²) in [6, 6.07) is 1.77. The molecule has 2 heterocycles. The molecule has 0 fully saturated rings. The second kappa shape index (κ2) is 1.80. The Hall–Kier alpha value is -1.38. The van der Waals surface area contributed by atoms with Gasteiger partial charge in [-0.25, -0.2) is 0 Å². The zero-order chi connectivity index (χ0) is 6.97. The topological polar surface area (TPSA) is 42.0 Å². The Morgan fingerprint density at radius 3 is 3.40 bits per heavy atom. The highest BCUT2D eigenvalue weighted by Gasteiger charge is 2.16. The van der Waals surface area contributed by atoms with E-state index in [9.17, 15) is 4.79 Å². The molecule has 3 nitrogen and oxygen atoms in total. The normalized spacial score (nSPS) is 14.6. The number of carbonyl (C=O) groups excluding carboxylic acids is 1. The number of hydrogen-bond donors (Lipinski definition) is 1. The molecule has 1 N–H and O–H groups in total. The Balaban J connectivity index is 2.51. The maximum atomic E-state index is 10.7. The molecule has 1 aliphatic rings. The maximum absolute atomic E-state index is 10.7. The highest BCUT2D eigenvalue weighted by atomic mass is 16.1. The standard InChI is InChI=1S/C7H5N2O/c10-7-3-5-4-8-2-1-6(5)9-7/h1-2H,3H2,(H,9,10). The van der Waals surface area contributed by atoms with Crippen LogP contribution in [-0.2, 0) is 11.2 Å². The van der Waals surface area contributed by atoms with E-state index in [0.717, 1.165) is 11.3 Å². The van der Waals surface area contributed by atoms with Crippen molar-refractivity contribution in [3.05, 3.63) is 24.0 Å². The first kappa shape index (κ1) is 5.41. The van der Waals surface area contributed by atoms with E-state index in [1.165, 1.54) is 0 Å². The summed E-state index contributed by atoms with van der Waals surface area (Å²) in [5.74, 6) is 0.0271. The summed E-state index contributed by atoms with van der Waals surface area (Å²) >= 11 is 0. The number of amides is 1. The van der Waals surface area contributed by atoms with Crippen molar-refractivity contribution in [1.82, 2.24) is 4.98 Å². The van der Waals surface area contributed by atoms with Crippen LogP contribution in [0.1, 0.15) is 5.56 Å². The van der Waals surface area contributed by atoms with Crippen molar-refractivity contribution in [3.8, 4) is 0 Å². The van der Waals surface area contributed by atoms with Crippen molar-refractivity contribution in [2.45, 2.75) is 6.42 Å². The minimum atomic E-state index is 0.0271. The first-order chi connectivity index (χ1) is 4.86. The van der Waals surface area contributed by atoms with E-state index >= 15 is 0 Å². The number of nitrogens with one attached hydrogen (secondary N) is 1. The lowest BCUT2D eigenvalue weighted by atomic mass is 10.2. The summed E-state index contributed by atoms with van der Waals surface area (Å²) in [5, 5.41) is 2.69. The van der Waals surface area contributed by atoms with Crippen molar-refractivity contribution >= 4 is 11.6 Å². The van der Waals surface area contributed by atoms with E-state index in [0.29, 0.717) is 6.42 Å². The molecule has 1 aliphatic heterocycles. The van der Waals surface area contributed by atoms with E-state index in [1.807, 2.05) is 0 Å². The number of nitrogens with zero attached hydrogens (tertiary/aromatic N) is 1. The lowest BCUT2D eigenvalue weighted by Gasteiger charge is -1.91. The summed E-state index contributed by atoms with van der Waals surface area (Å²) in [6.07, 6.45) is 4.78. The molecule has 0 saturated heterocycles. The fraction of sp³-hybridized carbons (Fsp3) is 0.143. The van der Waals surface area contributed by atoms with E-state index in [4.69, 9.17) is 0 Å². The summed E-state index contributed by atoms with van der Waals surface area (Å²) in [4.78, 5) is 14.5. The summed E-state index contributed by atoms with van der Waals surface area (Å²) < 4.78 is 0. The number of carbonyl (C=O) groups is 1. The number of rotatable bonds is 0. The average Bonchev–Trinajstić information content (AvgIpc) is 2.27. The van der Waals surface area contributed by atoms with E-state index in [1.54, 1.807) is 12.3 Å². The van der Waals surface area contributed by atoms with Crippen LogP contribution in [0.3, 0.4) is 0 Å². The zero-order valence-corrected chi connectivity index (χ0v) is 5.22. The third-order valence-corrected chi connectivity index (χ3v) is 1.45. The largest absolute Gasteiger partial charge is 0.325 e. The van der Waals surface area contributed by atoms with Gasteiger partial charge in [-0.15, -0.1) is 0 Å². The Morgan fingerprint density at radius 2 is 2.60 bits per heavy atom. The number of pyridine rings is 1. The van der Waals surface area contributed by atoms with Gasteiger partial charge in [0.15, 0.2) is 0 Å². The molecule has 49 valence electrons. The van der Waals surface area contributed by atoms with E-state index < -0.39 is 0 Å². The number of anilines is 1. The molecule has 1 radical (unpaired) electrons. The molecule has 0 aromatic carbocycles. The zero-order valence-electron chi connectivity index (χ0n) is 5.22. The average molecular weight is 133 g/mol. The van der Waals surface area contributed by atoms with Gasteiger partial charge < -0.3 is 5.32 Å². The van der Waals surface area contributed by atoms with Gasteiger partial charge in [0.1, 0.15) is 0 Å². The van der Waals surface area contributed by atoms with Crippen LogP contribution in [0.4, 0.5) is 5.69 Å². The van der Waals surface area contributed by atoms with Crippen LogP contribution in [0.2, 0.25) is 0 Å². The van der Waals surface area contributed by atoms with Gasteiger partial charge >= 0.3 is 0 Å². The van der Waals surface area contributed by atoms with Gasteiger partial charge in [-0.2, -0.15) is 0 Å². The Morgan fingerprint density at radius 1 is 1.70 bits per heavy atom. The van der Waals surface area contributed by atoms with Gasteiger partial charge in [-0.1, -0.05) is 0 Å². The fourth-order valence-corrected chi connectivity index (χ4v) is 0.995. The molecule has 0 aliphatic carbocycles. The lowest BCUT2D eigenvalue weighted by molar-refractivity contribution is -0.115. The molecule has 1 aromatic heterocycles. The minimum Gasteiger partial charge on any atom is -0.325 e.